The topological polar surface area (TPSA) is 15.7 Å². The Hall–Kier alpha value is -6.84. The quantitative estimate of drug-likeness (QED) is 0.175. The highest BCUT2D eigenvalue weighted by Gasteiger charge is 2.41. The second-order valence-electron chi connectivity index (χ2n) is 16.6. The molecule has 0 saturated heterocycles. The van der Waals surface area contributed by atoms with Gasteiger partial charge in [-0.15, -0.1) is 0 Å². The number of rotatable bonds is 5. The van der Waals surface area contributed by atoms with Crippen molar-refractivity contribution in [2.45, 2.75) is 38.5 Å². The van der Waals surface area contributed by atoms with Crippen molar-refractivity contribution >= 4 is 34.1 Å². The first kappa shape index (κ1) is 33.5. The SMILES string of the molecule is CC1(C)c2ccccc2-c2ccc(N(c3ccc(-c4ccc5c(c4)C(C)(C)c4cccc6c4N5c4ccccc4O6)cc3)c3ccccc3-c3ccccc3)cc21. The average Bonchev–Trinajstić information content (AvgIpc) is 3.48. The highest BCUT2D eigenvalue weighted by atomic mass is 16.5. The van der Waals surface area contributed by atoms with E-state index >= 15 is 0 Å². The van der Waals surface area contributed by atoms with Crippen molar-refractivity contribution in [1.82, 2.24) is 0 Å². The molecule has 0 saturated carbocycles. The number of hydrogen-bond donors (Lipinski definition) is 0. The third-order valence-electron chi connectivity index (χ3n) is 12.6. The van der Waals surface area contributed by atoms with E-state index < -0.39 is 0 Å². The monoisotopic (exact) mass is 734 g/mol. The third kappa shape index (κ3) is 4.98. The van der Waals surface area contributed by atoms with Crippen molar-refractivity contribution in [2.75, 3.05) is 9.80 Å². The van der Waals surface area contributed by atoms with E-state index in [9.17, 15) is 0 Å². The lowest BCUT2D eigenvalue weighted by Gasteiger charge is -2.45. The molecule has 0 spiro atoms. The van der Waals surface area contributed by atoms with Gasteiger partial charge in [0.2, 0.25) is 0 Å². The molecule has 11 rings (SSSR count). The predicted molar refractivity (Wildman–Crippen MR) is 236 cm³/mol. The number of nitrogens with zero attached hydrogens (tertiary/aromatic N) is 2. The Morgan fingerprint density at radius 1 is 0.404 bits per heavy atom. The van der Waals surface area contributed by atoms with Gasteiger partial charge in [-0.1, -0.05) is 149 Å². The Balaban J connectivity index is 1.03. The molecule has 0 radical (unpaired) electrons. The summed E-state index contributed by atoms with van der Waals surface area (Å²) in [7, 11) is 0. The highest BCUT2D eigenvalue weighted by molar-refractivity contribution is 5.95. The normalized spacial score (nSPS) is 14.7. The molecule has 0 amide bonds. The first-order valence-electron chi connectivity index (χ1n) is 19.9. The summed E-state index contributed by atoms with van der Waals surface area (Å²) in [4.78, 5) is 4.83. The van der Waals surface area contributed by atoms with Gasteiger partial charge in [-0.3, -0.25) is 0 Å². The Kier molecular flexibility index (Phi) is 7.25. The second kappa shape index (κ2) is 12.3. The Morgan fingerprint density at radius 2 is 1.04 bits per heavy atom. The van der Waals surface area contributed by atoms with Crippen LogP contribution in [0, 0.1) is 0 Å². The molecule has 0 N–H and O–H groups in total. The summed E-state index contributed by atoms with van der Waals surface area (Å²) < 4.78 is 6.45. The van der Waals surface area contributed by atoms with Crippen molar-refractivity contribution in [2.24, 2.45) is 0 Å². The van der Waals surface area contributed by atoms with Gasteiger partial charge in [-0.05, 0) is 111 Å². The molecule has 0 fully saturated rings. The van der Waals surface area contributed by atoms with Crippen molar-refractivity contribution < 1.29 is 4.74 Å². The van der Waals surface area contributed by atoms with Crippen molar-refractivity contribution in [3.63, 3.8) is 0 Å². The molecule has 2 aliphatic heterocycles. The number of ether oxygens (including phenoxy) is 1. The standard InChI is InChI=1S/C54H42N2O/c1-53(2)43-19-10-8-18-41(43)42-31-30-39(34-45(42)53)55(47-21-11-9-17-40(47)36-15-6-5-7-16-36)38-28-25-35(26-29-38)37-27-32-48-46(33-37)54(3,4)44-20-14-24-51-52(44)56(48)49-22-12-13-23-50(49)57-51/h5-34H,1-4H3. The van der Waals surface area contributed by atoms with Crippen LogP contribution in [0.5, 0.6) is 11.5 Å². The van der Waals surface area contributed by atoms with E-state index in [1.165, 1.54) is 61.3 Å². The summed E-state index contributed by atoms with van der Waals surface area (Å²) in [6.07, 6.45) is 0. The van der Waals surface area contributed by atoms with Crippen LogP contribution in [0.1, 0.15) is 49.9 Å². The second-order valence-corrected chi connectivity index (χ2v) is 16.6. The zero-order chi connectivity index (χ0) is 38.5. The minimum Gasteiger partial charge on any atom is -0.453 e. The van der Waals surface area contributed by atoms with Crippen LogP contribution >= 0.6 is 0 Å². The van der Waals surface area contributed by atoms with Gasteiger partial charge in [0.1, 0.15) is 0 Å². The number of para-hydroxylation sites is 4. The van der Waals surface area contributed by atoms with Gasteiger partial charge >= 0.3 is 0 Å². The smallest absolute Gasteiger partial charge is 0.151 e. The van der Waals surface area contributed by atoms with E-state index in [0.29, 0.717) is 0 Å². The van der Waals surface area contributed by atoms with E-state index in [-0.39, 0.29) is 10.8 Å². The van der Waals surface area contributed by atoms with Crippen LogP contribution < -0.4 is 14.5 Å². The van der Waals surface area contributed by atoms with Crippen LogP contribution in [-0.4, -0.2) is 0 Å². The van der Waals surface area contributed by atoms with Crippen LogP contribution in [0.25, 0.3) is 33.4 Å². The maximum absolute atomic E-state index is 6.45. The minimum atomic E-state index is -0.234. The van der Waals surface area contributed by atoms with Gasteiger partial charge in [0, 0.05) is 27.8 Å². The summed E-state index contributed by atoms with van der Waals surface area (Å²) in [6, 6.07) is 66.4. The van der Waals surface area contributed by atoms with Gasteiger partial charge in [0.15, 0.2) is 11.5 Å². The molecule has 8 aromatic rings. The van der Waals surface area contributed by atoms with E-state index in [2.05, 4.69) is 213 Å². The van der Waals surface area contributed by atoms with Crippen LogP contribution in [0.2, 0.25) is 0 Å². The third-order valence-corrected chi connectivity index (χ3v) is 12.6. The molecule has 1 aliphatic carbocycles. The molecule has 0 bridgehead atoms. The fraction of sp³-hybridized carbons (Fsp3) is 0.111. The number of anilines is 6. The zero-order valence-corrected chi connectivity index (χ0v) is 32.6. The average molecular weight is 735 g/mol. The van der Waals surface area contributed by atoms with Gasteiger partial charge in [-0.25, -0.2) is 0 Å². The maximum Gasteiger partial charge on any atom is 0.151 e. The lowest BCUT2D eigenvalue weighted by Crippen LogP contribution is -2.32. The van der Waals surface area contributed by atoms with Gasteiger partial charge in [0.25, 0.3) is 0 Å². The minimum absolute atomic E-state index is 0.109. The first-order valence-corrected chi connectivity index (χ1v) is 19.9. The van der Waals surface area contributed by atoms with Crippen LogP contribution in [0.15, 0.2) is 182 Å². The van der Waals surface area contributed by atoms with Crippen molar-refractivity contribution in [3.8, 4) is 44.9 Å². The molecule has 3 aliphatic rings. The van der Waals surface area contributed by atoms with Gasteiger partial charge in [0.05, 0.1) is 22.7 Å². The van der Waals surface area contributed by atoms with Crippen LogP contribution in [0.3, 0.4) is 0 Å². The van der Waals surface area contributed by atoms with Crippen LogP contribution in [0.4, 0.5) is 34.1 Å². The Bertz CT molecular complexity index is 2890. The molecule has 0 aromatic heterocycles. The summed E-state index contributed by atoms with van der Waals surface area (Å²) >= 11 is 0. The number of hydrogen-bond acceptors (Lipinski definition) is 3. The zero-order valence-electron chi connectivity index (χ0n) is 32.6. The van der Waals surface area contributed by atoms with E-state index in [1.54, 1.807) is 0 Å². The molecule has 3 nitrogen and oxygen atoms in total. The molecule has 2 heterocycles. The summed E-state index contributed by atoms with van der Waals surface area (Å²) in [5, 5.41) is 0. The molecular weight excluding hydrogens is 693 g/mol. The molecule has 274 valence electrons. The Labute approximate surface area is 335 Å². The largest absolute Gasteiger partial charge is 0.453 e. The molecule has 3 heteroatoms. The molecule has 57 heavy (non-hydrogen) atoms. The van der Waals surface area contributed by atoms with Gasteiger partial charge < -0.3 is 14.5 Å². The fourth-order valence-corrected chi connectivity index (χ4v) is 9.71. The lowest BCUT2D eigenvalue weighted by atomic mass is 9.72. The Morgan fingerprint density at radius 3 is 1.88 bits per heavy atom. The first-order chi connectivity index (χ1) is 27.8. The van der Waals surface area contributed by atoms with Gasteiger partial charge in [-0.2, -0.15) is 0 Å². The summed E-state index contributed by atoms with van der Waals surface area (Å²) in [5.74, 6) is 1.78. The lowest BCUT2D eigenvalue weighted by molar-refractivity contribution is 0.471. The van der Waals surface area contributed by atoms with E-state index in [0.717, 1.165) is 39.9 Å². The van der Waals surface area contributed by atoms with Crippen molar-refractivity contribution in [3.05, 3.63) is 204 Å². The molecular formula is C54H42N2O. The molecule has 0 unspecified atom stereocenters. The fourth-order valence-electron chi connectivity index (χ4n) is 9.71. The maximum atomic E-state index is 6.45. The summed E-state index contributed by atoms with van der Waals surface area (Å²) in [6.45, 7) is 9.39. The van der Waals surface area contributed by atoms with Crippen LogP contribution in [-0.2, 0) is 10.8 Å². The van der Waals surface area contributed by atoms with E-state index in [1.807, 2.05) is 6.07 Å². The highest BCUT2D eigenvalue weighted by Crippen LogP contribution is 2.60. The predicted octanol–water partition coefficient (Wildman–Crippen LogP) is 15.0. The number of benzene rings is 8. The van der Waals surface area contributed by atoms with Crippen molar-refractivity contribution in [1.29, 1.82) is 0 Å². The number of fused-ring (bicyclic) bond motifs is 7. The molecule has 0 atom stereocenters. The van der Waals surface area contributed by atoms with E-state index in [4.69, 9.17) is 4.74 Å². The summed E-state index contributed by atoms with van der Waals surface area (Å²) in [5.41, 5.74) is 19.2. The molecule has 8 aromatic carbocycles.